The Kier molecular flexibility index (Phi) is 53.9. The first-order valence-corrected chi connectivity index (χ1v) is 9.50. The standard InChI is InChI=1S/C11H14O2.5C2H6/c1-2-10(11(12)13)8-9-6-4-3-5-7-9;5*1-2/h3-7,10H,2,8H2,1H3,(H,12,13);5*1-2H3. The summed E-state index contributed by atoms with van der Waals surface area (Å²) in [6.07, 6.45) is 1.32. The van der Waals surface area contributed by atoms with Gasteiger partial charge in [-0.2, -0.15) is 0 Å². The molecular formula is C21H44O2. The molecular weight excluding hydrogens is 284 g/mol. The lowest BCUT2D eigenvalue weighted by molar-refractivity contribution is -0.141. The summed E-state index contributed by atoms with van der Waals surface area (Å²) < 4.78 is 0. The third-order valence-electron chi connectivity index (χ3n) is 2.17. The number of rotatable bonds is 4. The van der Waals surface area contributed by atoms with Crippen LogP contribution in [0.25, 0.3) is 0 Å². The fraction of sp³-hybridized carbons (Fsp3) is 0.667. The van der Waals surface area contributed by atoms with Crippen molar-refractivity contribution in [2.24, 2.45) is 5.92 Å². The largest absolute Gasteiger partial charge is 0.481 e. The third kappa shape index (κ3) is 25.9. The fourth-order valence-corrected chi connectivity index (χ4v) is 1.30. The third-order valence-corrected chi connectivity index (χ3v) is 2.17. The van der Waals surface area contributed by atoms with E-state index in [1.54, 1.807) is 0 Å². The van der Waals surface area contributed by atoms with Crippen LogP contribution >= 0.6 is 0 Å². The Balaban J connectivity index is -0.0000000923. The van der Waals surface area contributed by atoms with E-state index in [2.05, 4.69) is 0 Å². The van der Waals surface area contributed by atoms with Crippen LogP contribution in [0.15, 0.2) is 30.3 Å². The molecule has 2 heteroatoms. The molecule has 0 saturated heterocycles. The van der Waals surface area contributed by atoms with Crippen molar-refractivity contribution in [3.8, 4) is 0 Å². The molecule has 0 radical (unpaired) electrons. The van der Waals surface area contributed by atoms with Gasteiger partial charge in [-0.15, -0.1) is 0 Å². The van der Waals surface area contributed by atoms with Gasteiger partial charge in [0.2, 0.25) is 0 Å². The summed E-state index contributed by atoms with van der Waals surface area (Å²) in [5.41, 5.74) is 1.09. The van der Waals surface area contributed by atoms with Crippen molar-refractivity contribution >= 4 is 5.97 Å². The molecule has 0 saturated carbocycles. The minimum atomic E-state index is -0.702. The first-order chi connectivity index (χ1) is 11.2. The Morgan fingerprint density at radius 3 is 1.43 bits per heavy atom. The van der Waals surface area contributed by atoms with Gasteiger partial charge in [0.1, 0.15) is 0 Å². The maximum Gasteiger partial charge on any atom is 0.306 e. The van der Waals surface area contributed by atoms with E-state index in [0.29, 0.717) is 12.8 Å². The molecule has 1 unspecified atom stereocenters. The highest BCUT2D eigenvalue weighted by Gasteiger charge is 2.14. The van der Waals surface area contributed by atoms with E-state index < -0.39 is 5.97 Å². The Morgan fingerprint density at radius 1 is 0.826 bits per heavy atom. The van der Waals surface area contributed by atoms with Gasteiger partial charge in [0.25, 0.3) is 0 Å². The zero-order valence-corrected chi connectivity index (χ0v) is 17.7. The second-order valence-corrected chi connectivity index (χ2v) is 3.13. The van der Waals surface area contributed by atoms with Gasteiger partial charge in [-0.1, -0.05) is 106 Å². The number of carbonyl (C=O) groups is 1. The molecule has 0 aromatic heterocycles. The minimum absolute atomic E-state index is 0.248. The fourth-order valence-electron chi connectivity index (χ4n) is 1.30. The molecule has 1 atom stereocenters. The van der Waals surface area contributed by atoms with Crippen LogP contribution in [0, 0.1) is 5.92 Å². The molecule has 0 amide bonds. The summed E-state index contributed by atoms with van der Waals surface area (Å²) >= 11 is 0. The topological polar surface area (TPSA) is 37.3 Å². The molecule has 1 aromatic carbocycles. The monoisotopic (exact) mass is 328 g/mol. The molecule has 140 valence electrons. The lowest BCUT2D eigenvalue weighted by Gasteiger charge is -2.08. The van der Waals surface area contributed by atoms with E-state index in [-0.39, 0.29) is 5.92 Å². The highest BCUT2D eigenvalue weighted by atomic mass is 16.4. The summed E-state index contributed by atoms with van der Waals surface area (Å²) in [6, 6.07) is 9.73. The summed E-state index contributed by atoms with van der Waals surface area (Å²) in [7, 11) is 0. The predicted molar refractivity (Wildman–Crippen MR) is 108 cm³/mol. The van der Waals surface area contributed by atoms with Gasteiger partial charge in [0.05, 0.1) is 5.92 Å². The molecule has 1 N–H and O–H groups in total. The van der Waals surface area contributed by atoms with Crippen LogP contribution in [0.1, 0.15) is 88.1 Å². The Hall–Kier alpha value is -1.31. The van der Waals surface area contributed by atoms with E-state index in [4.69, 9.17) is 5.11 Å². The van der Waals surface area contributed by atoms with Crippen LogP contribution in [0.5, 0.6) is 0 Å². The Morgan fingerprint density at radius 2 is 1.17 bits per heavy atom. The zero-order valence-electron chi connectivity index (χ0n) is 17.7. The van der Waals surface area contributed by atoms with Crippen LogP contribution < -0.4 is 0 Å². The number of benzene rings is 1. The second kappa shape index (κ2) is 37.2. The van der Waals surface area contributed by atoms with Crippen molar-refractivity contribution in [1.29, 1.82) is 0 Å². The minimum Gasteiger partial charge on any atom is -0.481 e. The van der Waals surface area contributed by atoms with Crippen molar-refractivity contribution in [2.45, 2.75) is 89.0 Å². The van der Waals surface area contributed by atoms with Gasteiger partial charge in [0, 0.05) is 0 Å². The van der Waals surface area contributed by atoms with E-state index in [0.717, 1.165) is 5.56 Å². The van der Waals surface area contributed by atoms with Crippen LogP contribution in [-0.4, -0.2) is 11.1 Å². The lowest BCUT2D eigenvalue weighted by Crippen LogP contribution is -2.15. The summed E-state index contributed by atoms with van der Waals surface area (Å²) in [4.78, 5) is 10.7. The van der Waals surface area contributed by atoms with Crippen molar-refractivity contribution in [1.82, 2.24) is 0 Å². The predicted octanol–water partition coefficient (Wildman–Crippen LogP) is 7.47. The highest BCUT2D eigenvalue weighted by molar-refractivity contribution is 5.70. The van der Waals surface area contributed by atoms with Gasteiger partial charge < -0.3 is 5.11 Å². The van der Waals surface area contributed by atoms with Crippen molar-refractivity contribution in [3.05, 3.63) is 35.9 Å². The molecule has 1 rings (SSSR count). The van der Waals surface area contributed by atoms with Gasteiger partial charge in [0.15, 0.2) is 0 Å². The second-order valence-electron chi connectivity index (χ2n) is 3.13. The molecule has 23 heavy (non-hydrogen) atoms. The zero-order chi connectivity index (χ0) is 19.7. The smallest absolute Gasteiger partial charge is 0.306 e. The van der Waals surface area contributed by atoms with Gasteiger partial charge in [-0.3, -0.25) is 4.79 Å². The average Bonchev–Trinajstić information content (AvgIpc) is 2.68. The number of aliphatic carboxylic acids is 1. The lowest BCUT2D eigenvalue weighted by atomic mass is 9.97. The van der Waals surface area contributed by atoms with Crippen LogP contribution in [0.3, 0.4) is 0 Å². The van der Waals surface area contributed by atoms with E-state index >= 15 is 0 Å². The van der Waals surface area contributed by atoms with Crippen molar-refractivity contribution < 1.29 is 9.90 Å². The quantitative estimate of drug-likeness (QED) is 0.622. The van der Waals surface area contributed by atoms with E-state index in [1.807, 2.05) is 106 Å². The summed E-state index contributed by atoms with van der Waals surface area (Å²) in [5.74, 6) is -0.950. The molecule has 0 bridgehead atoms. The maximum absolute atomic E-state index is 10.7. The van der Waals surface area contributed by atoms with Crippen LogP contribution in [0.4, 0.5) is 0 Å². The van der Waals surface area contributed by atoms with Crippen molar-refractivity contribution in [2.75, 3.05) is 0 Å². The average molecular weight is 329 g/mol. The van der Waals surface area contributed by atoms with Crippen molar-refractivity contribution in [3.63, 3.8) is 0 Å². The number of hydrogen-bond donors (Lipinski definition) is 1. The number of carboxylic acid groups (broad SMARTS) is 1. The van der Waals surface area contributed by atoms with Gasteiger partial charge in [-0.25, -0.2) is 0 Å². The molecule has 2 nitrogen and oxygen atoms in total. The molecule has 0 fully saturated rings. The van der Waals surface area contributed by atoms with Crippen LogP contribution in [-0.2, 0) is 11.2 Å². The Bertz CT molecular complexity index is 268. The molecule has 0 aliphatic carbocycles. The molecule has 0 aliphatic rings. The van der Waals surface area contributed by atoms with Gasteiger partial charge >= 0.3 is 5.97 Å². The highest BCUT2D eigenvalue weighted by Crippen LogP contribution is 2.11. The van der Waals surface area contributed by atoms with E-state index in [9.17, 15) is 4.79 Å². The molecule has 0 aliphatic heterocycles. The number of hydrogen-bond acceptors (Lipinski definition) is 1. The molecule has 1 aromatic rings. The Labute approximate surface area is 147 Å². The molecule has 0 heterocycles. The molecule has 0 spiro atoms. The maximum atomic E-state index is 10.7. The first kappa shape index (κ1) is 33.3. The SMILES string of the molecule is CC.CC.CC.CC.CC.CCC(Cc1ccccc1)C(=O)O. The first-order valence-electron chi connectivity index (χ1n) is 9.50. The summed E-state index contributed by atoms with van der Waals surface area (Å²) in [6.45, 7) is 21.9. The van der Waals surface area contributed by atoms with Crippen LogP contribution in [0.2, 0.25) is 0 Å². The normalized spacial score (nSPS) is 8.30. The van der Waals surface area contributed by atoms with E-state index in [1.165, 1.54) is 0 Å². The summed E-state index contributed by atoms with van der Waals surface area (Å²) in [5, 5.41) is 8.83. The number of carboxylic acids is 1. The van der Waals surface area contributed by atoms with Gasteiger partial charge in [-0.05, 0) is 18.4 Å².